The molecule has 0 aliphatic heterocycles. The van der Waals surface area contributed by atoms with Gasteiger partial charge in [-0.2, -0.15) is 5.26 Å². The zero-order valence-electron chi connectivity index (χ0n) is 9.29. The molecule has 1 heterocycles. The Labute approximate surface area is 104 Å². The molecule has 0 aliphatic rings. The summed E-state index contributed by atoms with van der Waals surface area (Å²) in [5.74, 6) is 0. The van der Waals surface area contributed by atoms with Crippen LogP contribution in [-0.4, -0.2) is 18.4 Å². The van der Waals surface area contributed by atoms with Crippen molar-refractivity contribution in [1.82, 2.24) is 14.7 Å². The summed E-state index contributed by atoms with van der Waals surface area (Å²) in [6.07, 6.45) is 3.01. The number of rotatable bonds is 4. The predicted octanol–water partition coefficient (Wildman–Crippen LogP) is 0.760. The molecule has 0 bridgehead atoms. The maximum absolute atomic E-state index is 11.9. The Morgan fingerprint density at radius 3 is 2.94 bits per heavy atom. The van der Waals surface area contributed by atoms with Gasteiger partial charge in [0.15, 0.2) is 0 Å². The highest BCUT2D eigenvalue weighted by atomic mass is 32.2. The van der Waals surface area contributed by atoms with E-state index in [0.717, 1.165) is 0 Å². The van der Waals surface area contributed by atoms with E-state index >= 15 is 0 Å². The monoisotopic (exact) mass is 262 g/mol. The van der Waals surface area contributed by atoms with Gasteiger partial charge >= 0.3 is 0 Å². The molecule has 18 heavy (non-hydrogen) atoms. The van der Waals surface area contributed by atoms with Gasteiger partial charge in [0.05, 0.1) is 29.4 Å². The maximum Gasteiger partial charge on any atom is 0.240 e. The normalized spacial score (nSPS) is 11.1. The minimum absolute atomic E-state index is 0.0704. The summed E-state index contributed by atoms with van der Waals surface area (Å²) in [5, 5.41) is 8.73. The third-order valence-corrected chi connectivity index (χ3v) is 3.68. The van der Waals surface area contributed by atoms with Gasteiger partial charge in [-0.15, -0.1) is 0 Å². The van der Waals surface area contributed by atoms with E-state index in [1.807, 2.05) is 6.07 Å². The number of nitrogens with zero attached hydrogens (tertiary/aromatic N) is 2. The molecule has 0 saturated heterocycles. The summed E-state index contributed by atoms with van der Waals surface area (Å²) in [4.78, 5) is 6.65. The Bertz CT molecular complexity index is 671. The van der Waals surface area contributed by atoms with E-state index in [4.69, 9.17) is 5.26 Å². The third-order valence-electron chi connectivity index (χ3n) is 2.28. The van der Waals surface area contributed by atoms with Crippen molar-refractivity contribution in [3.05, 3.63) is 48.0 Å². The zero-order valence-corrected chi connectivity index (χ0v) is 10.1. The van der Waals surface area contributed by atoms with E-state index in [1.54, 1.807) is 6.07 Å². The van der Waals surface area contributed by atoms with Gasteiger partial charge in [-0.3, -0.25) is 0 Å². The van der Waals surface area contributed by atoms with Crippen LogP contribution in [0.1, 0.15) is 11.3 Å². The first-order chi connectivity index (χ1) is 8.62. The molecule has 0 amide bonds. The number of aromatic nitrogens is 2. The molecule has 0 aliphatic carbocycles. The van der Waals surface area contributed by atoms with Crippen molar-refractivity contribution >= 4 is 10.0 Å². The average molecular weight is 262 g/mol. The summed E-state index contributed by atoms with van der Waals surface area (Å²) in [5.41, 5.74) is 0.967. The number of sulfonamides is 1. The first-order valence-corrected chi connectivity index (χ1v) is 6.57. The minimum atomic E-state index is -3.62. The largest absolute Gasteiger partial charge is 0.347 e. The Hall–Kier alpha value is -2.17. The second kappa shape index (κ2) is 5.00. The van der Waals surface area contributed by atoms with Gasteiger partial charge in [-0.05, 0) is 18.2 Å². The molecule has 0 saturated carbocycles. The molecule has 1 aromatic heterocycles. The van der Waals surface area contributed by atoms with E-state index in [9.17, 15) is 8.42 Å². The molecule has 0 spiro atoms. The van der Waals surface area contributed by atoms with Crippen molar-refractivity contribution < 1.29 is 8.42 Å². The SMILES string of the molecule is N#Cc1cccc(S(=O)(=O)NCc2cnc[nH]2)c1. The summed E-state index contributed by atoms with van der Waals surface area (Å²) < 4.78 is 26.3. The quantitative estimate of drug-likeness (QED) is 0.849. The summed E-state index contributed by atoms with van der Waals surface area (Å²) in [6.45, 7) is 0.124. The second-order valence-electron chi connectivity index (χ2n) is 3.54. The van der Waals surface area contributed by atoms with Gasteiger partial charge in [0.2, 0.25) is 10.0 Å². The van der Waals surface area contributed by atoms with Crippen LogP contribution >= 0.6 is 0 Å². The molecular weight excluding hydrogens is 252 g/mol. The van der Waals surface area contributed by atoms with Gasteiger partial charge < -0.3 is 4.98 Å². The van der Waals surface area contributed by atoms with Gasteiger partial charge in [-0.25, -0.2) is 18.1 Å². The van der Waals surface area contributed by atoms with Crippen molar-refractivity contribution in [3.8, 4) is 6.07 Å². The Morgan fingerprint density at radius 1 is 1.44 bits per heavy atom. The number of hydrogen-bond acceptors (Lipinski definition) is 4. The highest BCUT2D eigenvalue weighted by Gasteiger charge is 2.14. The number of aromatic amines is 1. The van der Waals surface area contributed by atoms with Gasteiger partial charge in [0.25, 0.3) is 0 Å². The molecule has 2 rings (SSSR count). The molecule has 92 valence electrons. The number of imidazole rings is 1. The Morgan fingerprint density at radius 2 is 2.28 bits per heavy atom. The Kier molecular flexibility index (Phi) is 3.41. The van der Waals surface area contributed by atoms with E-state index < -0.39 is 10.0 Å². The molecule has 0 atom stereocenters. The van der Waals surface area contributed by atoms with Crippen molar-refractivity contribution in [3.63, 3.8) is 0 Å². The predicted molar refractivity (Wildman–Crippen MR) is 63.8 cm³/mol. The van der Waals surface area contributed by atoms with E-state index in [-0.39, 0.29) is 11.4 Å². The van der Waals surface area contributed by atoms with E-state index in [1.165, 1.54) is 30.7 Å². The zero-order chi connectivity index (χ0) is 13.0. The molecule has 0 unspecified atom stereocenters. The van der Waals surface area contributed by atoms with Crippen LogP contribution in [0.5, 0.6) is 0 Å². The van der Waals surface area contributed by atoms with E-state index in [2.05, 4.69) is 14.7 Å². The molecular formula is C11H10N4O2S. The summed E-state index contributed by atoms with van der Waals surface area (Å²) in [7, 11) is -3.62. The first kappa shape index (κ1) is 12.3. The fraction of sp³-hybridized carbons (Fsp3) is 0.0909. The number of nitrogens with one attached hydrogen (secondary N) is 2. The number of nitriles is 1. The van der Waals surface area contributed by atoms with Crippen molar-refractivity contribution in [2.75, 3.05) is 0 Å². The van der Waals surface area contributed by atoms with Crippen LogP contribution in [0.2, 0.25) is 0 Å². The molecule has 7 heteroatoms. The molecule has 0 radical (unpaired) electrons. The fourth-order valence-electron chi connectivity index (χ4n) is 1.37. The lowest BCUT2D eigenvalue weighted by molar-refractivity contribution is 0.580. The topological polar surface area (TPSA) is 98.6 Å². The summed E-state index contributed by atoms with van der Waals surface area (Å²) in [6, 6.07) is 7.75. The van der Waals surface area contributed by atoms with Gasteiger partial charge in [0, 0.05) is 11.9 Å². The smallest absolute Gasteiger partial charge is 0.240 e. The highest BCUT2D eigenvalue weighted by Crippen LogP contribution is 2.11. The molecule has 6 nitrogen and oxygen atoms in total. The molecule has 2 aromatic rings. The first-order valence-electron chi connectivity index (χ1n) is 5.09. The van der Waals surface area contributed by atoms with Crippen molar-refractivity contribution in [1.29, 1.82) is 5.26 Å². The molecule has 0 fully saturated rings. The van der Waals surface area contributed by atoms with Crippen LogP contribution in [0, 0.1) is 11.3 Å². The lowest BCUT2D eigenvalue weighted by Crippen LogP contribution is -2.23. The summed E-state index contributed by atoms with van der Waals surface area (Å²) >= 11 is 0. The average Bonchev–Trinajstić information content (AvgIpc) is 2.90. The number of hydrogen-bond donors (Lipinski definition) is 2. The second-order valence-corrected chi connectivity index (χ2v) is 5.31. The lowest BCUT2D eigenvalue weighted by Gasteiger charge is -2.05. The highest BCUT2D eigenvalue weighted by molar-refractivity contribution is 7.89. The third kappa shape index (κ3) is 2.74. The number of benzene rings is 1. The van der Waals surface area contributed by atoms with Crippen LogP contribution in [0.4, 0.5) is 0 Å². The van der Waals surface area contributed by atoms with Crippen LogP contribution in [-0.2, 0) is 16.6 Å². The van der Waals surface area contributed by atoms with E-state index in [0.29, 0.717) is 11.3 Å². The Balaban J connectivity index is 2.18. The van der Waals surface area contributed by atoms with Gasteiger partial charge in [-0.1, -0.05) is 6.07 Å². The maximum atomic E-state index is 11.9. The van der Waals surface area contributed by atoms with Gasteiger partial charge in [0.1, 0.15) is 0 Å². The lowest BCUT2D eigenvalue weighted by atomic mass is 10.2. The van der Waals surface area contributed by atoms with Crippen molar-refractivity contribution in [2.45, 2.75) is 11.4 Å². The molecule has 2 N–H and O–H groups in total. The number of H-pyrrole nitrogens is 1. The fourth-order valence-corrected chi connectivity index (χ4v) is 2.42. The minimum Gasteiger partial charge on any atom is -0.347 e. The van der Waals surface area contributed by atoms with Crippen LogP contribution in [0.25, 0.3) is 0 Å². The van der Waals surface area contributed by atoms with Crippen LogP contribution < -0.4 is 4.72 Å². The molecule has 1 aromatic carbocycles. The van der Waals surface area contributed by atoms with Crippen molar-refractivity contribution in [2.24, 2.45) is 0 Å². The van der Waals surface area contributed by atoms with Crippen LogP contribution in [0.15, 0.2) is 41.7 Å². The van der Waals surface area contributed by atoms with Crippen LogP contribution in [0.3, 0.4) is 0 Å². The standard InChI is InChI=1S/C11H10N4O2S/c12-5-9-2-1-3-11(4-9)18(16,17)15-7-10-6-13-8-14-10/h1-4,6,8,15H,7H2,(H,13,14).